The molecule has 2 rings (SSSR count). The van der Waals surface area contributed by atoms with E-state index in [1.54, 1.807) is 0 Å². The summed E-state index contributed by atoms with van der Waals surface area (Å²) in [6.45, 7) is 8.02. The molecular formula is C19H25NO. The van der Waals surface area contributed by atoms with Gasteiger partial charge in [0.05, 0.1) is 0 Å². The average Bonchev–Trinajstić information content (AvgIpc) is 2.53. The van der Waals surface area contributed by atoms with E-state index in [-0.39, 0.29) is 0 Å². The third kappa shape index (κ3) is 5.24. The highest BCUT2D eigenvalue weighted by Gasteiger charge is 2.00. The Morgan fingerprint density at radius 2 is 1.57 bits per heavy atom. The number of ether oxygens (including phenoxy) is 1. The predicted octanol–water partition coefficient (Wildman–Crippen LogP) is 4.46. The van der Waals surface area contributed by atoms with Crippen molar-refractivity contribution in [3.05, 3.63) is 65.2 Å². The zero-order valence-corrected chi connectivity index (χ0v) is 13.2. The highest BCUT2D eigenvalue weighted by atomic mass is 16.5. The van der Waals surface area contributed by atoms with Crippen molar-refractivity contribution in [3.63, 3.8) is 0 Å². The van der Waals surface area contributed by atoms with Gasteiger partial charge in [-0.25, -0.2) is 0 Å². The van der Waals surface area contributed by atoms with Gasteiger partial charge in [0.2, 0.25) is 0 Å². The first-order chi connectivity index (χ1) is 10.2. The highest BCUT2D eigenvalue weighted by Crippen LogP contribution is 2.14. The van der Waals surface area contributed by atoms with Crippen LogP contribution in [0.2, 0.25) is 0 Å². The van der Waals surface area contributed by atoms with Crippen molar-refractivity contribution in [3.8, 4) is 5.75 Å². The van der Waals surface area contributed by atoms with Gasteiger partial charge in [-0.3, -0.25) is 0 Å². The Hall–Kier alpha value is -1.80. The molecule has 2 nitrogen and oxygen atoms in total. The summed E-state index contributed by atoms with van der Waals surface area (Å²) in [5, 5.41) is 3.49. The predicted molar refractivity (Wildman–Crippen MR) is 88.5 cm³/mol. The standard InChI is InChI=1S/C19H25NO/c1-4-16(3)20-13-17-9-11-19(12-10-17)21-14-18-7-5-15(2)6-8-18/h5-12,16,20H,4,13-14H2,1-3H3. The Kier molecular flexibility index (Phi) is 5.82. The fourth-order valence-corrected chi connectivity index (χ4v) is 1.99. The van der Waals surface area contributed by atoms with E-state index in [9.17, 15) is 0 Å². The van der Waals surface area contributed by atoms with Crippen LogP contribution >= 0.6 is 0 Å². The van der Waals surface area contributed by atoms with Crippen LogP contribution in [-0.4, -0.2) is 6.04 Å². The van der Waals surface area contributed by atoms with E-state index in [0.29, 0.717) is 12.6 Å². The molecule has 0 aliphatic carbocycles. The smallest absolute Gasteiger partial charge is 0.119 e. The lowest BCUT2D eigenvalue weighted by molar-refractivity contribution is 0.306. The van der Waals surface area contributed by atoms with Gasteiger partial charge in [0.25, 0.3) is 0 Å². The van der Waals surface area contributed by atoms with E-state index in [1.807, 2.05) is 12.1 Å². The van der Waals surface area contributed by atoms with Crippen LogP contribution in [0.25, 0.3) is 0 Å². The molecule has 112 valence electrons. The van der Waals surface area contributed by atoms with Crippen molar-refractivity contribution in [2.24, 2.45) is 0 Å². The summed E-state index contributed by atoms with van der Waals surface area (Å²) in [6.07, 6.45) is 1.15. The quantitative estimate of drug-likeness (QED) is 0.810. The molecule has 0 fully saturated rings. The molecule has 0 heterocycles. The van der Waals surface area contributed by atoms with Crippen LogP contribution < -0.4 is 10.1 Å². The molecule has 0 radical (unpaired) electrons. The summed E-state index contributed by atoms with van der Waals surface area (Å²) < 4.78 is 5.81. The van der Waals surface area contributed by atoms with Gasteiger partial charge in [-0.05, 0) is 43.5 Å². The normalized spacial score (nSPS) is 12.1. The lowest BCUT2D eigenvalue weighted by Gasteiger charge is -2.12. The van der Waals surface area contributed by atoms with E-state index in [1.165, 1.54) is 16.7 Å². The first kappa shape index (κ1) is 15.6. The highest BCUT2D eigenvalue weighted by molar-refractivity contribution is 5.28. The SMILES string of the molecule is CCC(C)NCc1ccc(OCc2ccc(C)cc2)cc1. The molecule has 0 saturated carbocycles. The van der Waals surface area contributed by atoms with Crippen LogP contribution in [0.3, 0.4) is 0 Å². The third-order valence-corrected chi connectivity index (χ3v) is 3.72. The van der Waals surface area contributed by atoms with Crippen LogP contribution in [-0.2, 0) is 13.2 Å². The first-order valence-electron chi connectivity index (χ1n) is 7.68. The van der Waals surface area contributed by atoms with Gasteiger partial charge in [0.15, 0.2) is 0 Å². The Morgan fingerprint density at radius 1 is 0.952 bits per heavy atom. The fourth-order valence-electron chi connectivity index (χ4n) is 1.99. The van der Waals surface area contributed by atoms with E-state index in [4.69, 9.17) is 4.74 Å². The molecule has 1 atom stereocenters. The van der Waals surface area contributed by atoms with Gasteiger partial charge in [-0.2, -0.15) is 0 Å². The molecule has 0 amide bonds. The molecule has 2 heteroatoms. The summed E-state index contributed by atoms with van der Waals surface area (Å²) >= 11 is 0. The molecule has 0 aliphatic rings. The van der Waals surface area contributed by atoms with Gasteiger partial charge in [0.1, 0.15) is 12.4 Å². The van der Waals surface area contributed by atoms with Crippen molar-refractivity contribution >= 4 is 0 Å². The van der Waals surface area contributed by atoms with Crippen LogP contribution in [0.15, 0.2) is 48.5 Å². The number of hydrogen-bond donors (Lipinski definition) is 1. The van der Waals surface area contributed by atoms with E-state index >= 15 is 0 Å². The van der Waals surface area contributed by atoms with E-state index in [2.05, 4.69) is 62.5 Å². The largest absolute Gasteiger partial charge is 0.489 e. The first-order valence-corrected chi connectivity index (χ1v) is 7.68. The van der Waals surface area contributed by atoms with E-state index in [0.717, 1.165) is 18.7 Å². The fraction of sp³-hybridized carbons (Fsp3) is 0.368. The maximum absolute atomic E-state index is 5.81. The third-order valence-electron chi connectivity index (χ3n) is 3.72. The number of benzene rings is 2. The molecule has 0 bridgehead atoms. The molecule has 0 aliphatic heterocycles. The topological polar surface area (TPSA) is 21.3 Å². The molecule has 21 heavy (non-hydrogen) atoms. The molecule has 0 saturated heterocycles. The van der Waals surface area contributed by atoms with Gasteiger partial charge < -0.3 is 10.1 Å². The average molecular weight is 283 g/mol. The summed E-state index contributed by atoms with van der Waals surface area (Å²) in [5.41, 5.74) is 3.76. The van der Waals surface area contributed by atoms with Crippen LogP contribution in [0, 0.1) is 6.92 Å². The minimum Gasteiger partial charge on any atom is -0.489 e. The Morgan fingerprint density at radius 3 is 2.19 bits per heavy atom. The van der Waals surface area contributed by atoms with Crippen molar-refractivity contribution in [1.82, 2.24) is 5.32 Å². The van der Waals surface area contributed by atoms with Crippen LogP contribution in [0.1, 0.15) is 37.0 Å². The molecule has 0 aromatic heterocycles. The summed E-state index contributed by atoms with van der Waals surface area (Å²) in [5.74, 6) is 0.919. The van der Waals surface area contributed by atoms with Gasteiger partial charge in [0, 0.05) is 12.6 Å². The second-order valence-corrected chi connectivity index (χ2v) is 5.61. The molecule has 2 aromatic carbocycles. The van der Waals surface area contributed by atoms with Crippen molar-refractivity contribution in [2.75, 3.05) is 0 Å². The summed E-state index contributed by atoms with van der Waals surface area (Å²) in [4.78, 5) is 0. The van der Waals surface area contributed by atoms with Crippen molar-refractivity contribution < 1.29 is 4.74 Å². The molecule has 1 N–H and O–H groups in total. The number of nitrogens with one attached hydrogen (secondary N) is 1. The minimum atomic E-state index is 0.558. The van der Waals surface area contributed by atoms with Gasteiger partial charge >= 0.3 is 0 Å². The van der Waals surface area contributed by atoms with Crippen molar-refractivity contribution in [2.45, 2.75) is 46.4 Å². The molecule has 1 unspecified atom stereocenters. The van der Waals surface area contributed by atoms with Crippen molar-refractivity contribution in [1.29, 1.82) is 0 Å². The second-order valence-electron chi connectivity index (χ2n) is 5.61. The number of aryl methyl sites for hydroxylation is 1. The lowest BCUT2D eigenvalue weighted by atomic mass is 10.1. The lowest BCUT2D eigenvalue weighted by Crippen LogP contribution is -2.24. The van der Waals surface area contributed by atoms with Gasteiger partial charge in [-0.15, -0.1) is 0 Å². The minimum absolute atomic E-state index is 0.558. The maximum atomic E-state index is 5.81. The number of hydrogen-bond acceptors (Lipinski definition) is 2. The van der Waals surface area contributed by atoms with Gasteiger partial charge in [-0.1, -0.05) is 48.9 Å². The Labute approximate surface area is 128 Å². The molecular weight excluding hydrogens is 258 g/mol. The maximum Gasteiger partial charge on any atom is 0.119 e. The summed E-state index contributed by atoms with van der Waals surface area (Å²) in [6, 6.07) is 17.3. The zero-order chi connectivity index (χ0) is 15.1. The monoisotopic (exact) mass is 283 g/mol. The molecule has 2 aromatic rings. The number of rotatable bonds is 7. The molecule has 0 spiro atoms. The Balaban J connectivity index is 1.83. The van der Waals surface area contributed by atoms with E-state index < -0.39 is 0 Å². The zero-order valence-electron chi connectivity index (χ0n) is 13.2. The second kappa shape index (κ2) is 7.84. The van der Waals surface area contributed by atoms with Crippen LogP contribution in [0.4, 0.5) is 0 Å². The summed E-state index contributed by atoms with van der Waals surface area (Å²) in [7, 11) is 0. The Bertz CT molecular complexity index is 530. The van der Waals surface area contributed by atoms with Crippen LogP contribution in [0.5, 0.6) is 5.75 Å².